The van der Waals surface area contributed by atoms with Gasteiger partial charge in [0.05, 0.1) is 18.1 Å². The highest BCUT2D eigenvalue weighted by molar-refractivity contribution is 5.83. The molecule has 7 heteroatoms. The lowest BCUT2D eigenvalue weighted by Gasteiger charge is -2.34. The number of methoxy groups -OCH3 is 1. The Labute approximate surface area is 201 Å². The molecule has 3 aromatic rings. The molecule has 1 saturated heterocycles. The standard InChI is InChI=1S/C27H34N4O3/c1-29(2)26(32)14-15-27(33)30-18-16-21(17-19-30)31-23-10-6-5-9-22(23)28-25(31)13-12-20-8-4-7-11-24(20)34-3/h4-11,21H,12-19H2,1-3H3. The molecule has 0 saturated carbocycles. The summed E-state index contributed by atoms with van der Waals surface area (Å²) in [5.41, 5.74) is 3.34. The quantitative estimate of drug-likeness (QED) is 0.510. The van der Waals surface area contributed by atoms with Gasteiger partial charge in [-0.25, -0.2) is 4.98 Å². The van der Waals surface area contributed by atoms with Crippen molar-refractivity contribution in [3.63, 3.8) is 0 Å². The van der Waals surface area contributed by atoms with E-state index < -0.39 is 0 Å². The van der Waals surface area contributed by atoms with Crippen molar-refractivity contribution in [3.8, 4) is 5.75 Å². The van der Waals surface area contributed by atoms with Crippen LogP contribution < -0.4 is 4.74 Å². The molecule has 2 heterocycles. The Morgan fingerprint density at radius 3 is 2.44 bits per heavy atom. The molecule has 0 spiro atoms. The van der Waals surface area contributed by atoms with Crippen molar-refractivity contribution in [3.05, 3.63) is 59.9 Å². The fraction of sp³-hybridized carbons (Fsp3) is 0.444. The number of amides is 2. The summed E-state index contributed by atoms with van der Waals surface area (Å²) < 4.78 is 7.92. The van der Waals surface area contributed by atoms with Crippen LogP contribution in [0.1, 0.15) is 43.1 Å². The number of aromatic nitrogens is 2. The van der Waals surface area contributed by atoms with Gasteiger partial charge in [0.15, 0.2) is 0 Å². The van der Waals surface area contributed by atoms with Gasteiger partial charge >= 0.3 is 0 Å². The van der Waals surface area contributed by atoms with E-state index in [1.165, 1.54) is 10.5 Å². The minimum atomic E-state index is -0.00666. The maximum absolute atomic E-state index is 12.6. The highest BCUT2D eigenvalue weighted by Crippen LogP contribution is 2.30. The number of rotatable bonds is 8. The fourth-order valence-electron chi connectivity index (χ4n) is 4.80. The molecular formula is C27H34N4O3. The van der Waals surface area contributed by atoms with Crippen LogP contribution in [0.3, 0.4) is 0 Å². The number of carbonyl (C=O) groups excluding carboxylic acids is 2. The lowest BCUT2D eigenvalue weighted by molar-refractivity contribution is -0.136. The molecule has 1 aliphatic rings. The maximum atomic E-state index is 12.6. The lowest BCUT2D eigenvalue weighted by Crippen LogP contribution is -2.39. The number of imidazole rings is 1. The largest absolute Gasteiger partial charge is 0.496 e. The van der Waals surface area contributed by atoms with E-state index in [1.807, 2.05) is 29.2 Å². The number of hydrogen-bond acceptors (Lipinski definition) is 4. The van der Waals surface area contributed by atoms with Gasteiger partial charge in [-0.2, -0.15) is 0 Å². The van der Waals surface area contributed by atoms with Crippen molar-refractivity contribution < 1.29 is 14.3 Å². The third-order valence-electron chi connectivity index (χ3n) is 6.71. The van der Waals surface area contributed by atoms with Gasteiger partial charge in [0.1, 0.15) is 11.6 Å². The zero-order valence-electron chi connectivity index (χ0n) is 20.4. The van der Waals surface area contributed by atoms with Crippen molar-refractivity contribution >= 4 is 22.8 Å². The SMILES string of the molecule is COc1ccccc1CCc1nc2ccccc2n1C1CCN(C(=O)CCC(=O)N(C)C)CC1. The van der Waals surface area contributed by atoms with Gasteiger partial charge in [-0.1, -0.05) is 30.3 Å². The van der Waals surface area contributed by atoms with Gasteiger partial charge in [0, 0.05) is 52.5 Å². The number of hydrogen-bond donors (Lipinski definition) is 0. The Morgan fingerprint density at radius 2 is 1.71 bits per heavy atom. The Morgan fingerprint density at radius 1 is 1.00 bits per heavy atom. The van der Waals surface area contributed by atoms with Crippen LogP contribution in [0.25, 0.3) is 11.0 Å². The van der Waals surface area contributed by atoms with Gasteiger partial charge in [0.2, 0.25) is 11.8 Å². The molecule has 2 amide bonds. The van der Waals surface area contributed by atoms with E-state index in [9.17, 15) is 9.59 Å². The fourth-order valence-corrected chi connectivity index (χ4v) is 4.80. The van der Waals surface area contributed by atoms with Crippen molar-refractivity contribution in [1.82, 2.24) is 19.4 Å². The van der Waals surface area contributed by atoms with Gasteiger partial charge in [-0.15, -0.1) is 0 Å². The van der Waals surface area contributed by atoms with E-state index in [1.54, 1.807) is 21.2 Å². The first kappa shape index (κ1) is 23.8. The first-order chi connectivity index (χ1) is 16.5. The van der Waals surface area contributed by atoms with Crippen molar-refractivity contribution in [2.75, 3.05) is 34.3 Å². The molecule has 180 valence electrons. The van der Waals surface area contributed by atoms with Crippen LogP contribution >= 0.6 is 0 Å². The second-order valence-corrected chi connectivity index (χ2v) is 9.10. The van der Waals surface area contributed by atoms with Crippen molar-refractivity contribution in [2.24, 2.45) is 0 Å². The summed E-state index contributed by atoms with van der Waals surface area (Å²) in [5, 5.41) is 0. The molecule has 0 aliphatic carbocycles. The molecule has 0 unspecified atom stereocenters. The van der Waals surface area contributed by atoms with Gasteiger partial charge in [-0.3, -0.25) is 9.59 Å². The molecular weight excluding hydrogens is 428 g/mol. The first-order valence-electron chi connectivity index (χ1n) is 12.0. The predicted octanol–water partition coefficient (Wildman–Crippen LogP) is 3.86. The molecule has 0 bridgehead atoms. The van der Waals surface area contributed by atoms with E-state index in [4.69, 9.17) is 9.72 Å². The first-order valence-corrected chi connectivity index (χ1v) is 12.0. The molecule has 1 aliphatic heterocycles. The number of nitrogens with zero attached hydrogens (tertiary/aromatic N) is 4. The number of piperidine rings is 1. The van der Waals surface area contributed by atoms with Crippen LogP contribution in [0.5, 0.6) is 5.75 Å². The topological polar surface area (TPSA) is 67.7 Å². The summed E-state index contributed by atoms with van der Waals surface area (Å²) in [4.78, 5) is 32.9. The van der Waals surface area contributed by atoms with Crippen molar-refractivity contribution in [2.45, 2.75) is 44.6 Å². The third kappa shape index (κ3) is 5.24. The molecule has 2 aromatic carbocycles. The van der Waals surface area contributed by atoms with E-state index in [-0.39, 0.29) is 24.7 Å². The molecule has 0 atom stereocenters. The number of benzene rings is 2. The monoisotopic (exact) mass is 462 g/mol. The zero-order valence-corrected chi connectivity index (χ0v) is 20.4. The normalized spacial score (nSPS) is 14.4. The van der Waals surface area contributed by atoms with Crippen LogP contribution in [0.2, 0.25) is 0 Å². The van der Waals surface area contributed by atoms with E-state index in [0.717, 1.165) is 48.3 Å². The Kier molecular flexibility index (Phi) is 7.50. The average Bonchev–Trinajstić information content (AvgIpc) is 3.24. The summed E-state index contributed by atoms with van der Waals surface area (Å²) in [5.74, 6) is 2.05. The summed E-state index contributed by atoms with van der Waals surface area (Å²) in [6.45, 7) is 1.41. The number of para-hydroxylation sites is 3. The van der Waals surface area contributed by atoms with Crippen LogP contribution in [0, 0.1) is 0 Å². The van der Waals surface area contributed by atoms with Gasteiger partial charge in [0.25, 0.3) is 0 Å². The third-order valence-corrected chi connectivity index (χ3v) is 6.71. The van der Waals surface area contributed by atoms with Crippen LogP contribution in [-0.2, 0) is 22.4 Å². The number of carbonyl (C=O) groups is 2. The molecule has 0 N–H and O–H groups in total. The molecule has 4 rings (SSSR count). The highest BCUT2D eigenvalue weighted by Gasteiger charge is 2.27. The zero-order chi connectivity index (χ0) is 24.1. The van der Waals surface area contributed by atoms with Crippen LogP contribution in [0.4, 0.5) is 0 Å². The molecule has 34 heavy (non-hydrogen) atoms. The highest BCUT2D eigenvalue weighted by atomic mass is 16.5. The molecule has 1 fully saturated rings. The smallest absolute Gasteiger partial charge is 0.223 e. The van der Waals surface area contributed by atoms with Crippen LogP contribution in [0.15, 0.2) is 48.5 Å². The number of ether oxygens (including phenoxy) is 1. The maximum Gasteiger partial charge on any atom is 0.223 e. The second kappa shape index (κ2) is 10.7. The molecule has 0 radical (unpaired) electrons. The summed E-state index contributed by atoms with van der Waals surface area (Å²) in [7, 11) is 5.15. The van der Waals surface area contributed by atoms with Gasteiger partial charge in [-0.05, 0) is 43.0 Å². The van der Waals surface area contributed by atoms with E-state index >= 15 is 0 Å². The summed E-state index contributed by atoms with van der Waals surface area (Å²) in [6.07, 6.45) is 3.99. The number of aryl methyl sites for hydroxylation is 2. The van der Waals surface area contributed by atoms with Crippen LogP contribution in [-0.4, -0.2) is 65.5 Å². The Hall–Kier alpha value is -3.35. The minimum absolute atomic E-state index is 0.00666. The minimum Gasteiger partial charge on any atom is -0.496 e. The Bertz CT molecular complexity index is 1150. The van der Waals surface area contributed by atoms with Gasteiger partial charge < -0.3 is 19.1 Å². The lowest BCUT2D eigenvalue weighted by atomic mass is 10.0. The molecule has 1 aromatic heterocycles. The average molecular weight is 463 g/mol. The predicted molar refractivity (Wildman–Crippen MR) is 133 cm³/mol. The number of likely N-dealkylation sites (tertiary alicyclic amines) is 1. The number of fused-ring (bicyclic) bond motifs is 1. The van der Waals surface area contributed by atoms with Crippen molar-refractivity contribution in [1.29, 1.82) is 0 Å². The van der Waals surface area contributed by atoms with E-state index in [2.05, 4.69) is 28.8 Å². The Balaban J connectivity index is 1.46. The summed E-state index contributed by atoms with van der Waals surface area (Å²) >= 11 is 0. The summed E-state index contributed by atoms with van der Waals surface area (Å²) in [6, 6.07) is 16.7. The second-order valence-electron chi connectivity index (χ2n) is 9.10. The molecule has 7 nitrogen and oxygen atoms in total. The van der Waals surface area contributed by atoms with E-state index in [0.29, 0.717) is 19.1 Å².